The molecule has 1 atom stereocenters. The fourth-order valence-corrected chi connectivity index (χ4v) is 2.76. The van der Waals surface area contributed by atoms with Crippen LogP contribution in [0.3, 0.4) is 0 Å². The lowest BCUT2D eigenvalue weighted by Crippen LogP contribution is -2.32. The molecule has 0 bridgehead atoms. The predicted octanol–water partition coefficient (Wildman–Crippen LogP) is 3.90. The van der Waals surface area contributed by atoms with E-state index in [1.54, 1.807) is 6.07 Å². The van der Waals surface area contributed by atoms with E-state index >= 15 is 0 Å². The molecule has 0 radical (unpaired) electrons. The predicted molar refractivity (Wildman–Crippen MR) is 83.0 cm³/mol. The molecule has 0 aromatic heterocycles. The van der Waals surface area contributed by atoms with Gasteiger partial charge in [0.05, 0.1) is 12.6 Å². The number of ether oxygens (including phenoxy) is 1. The summed E-state index contributed by atoms with van der Waals surface area (Å²) >= 11 is 6.05. The Morgan fingerprint density at radius 3 is 2.90 bits per heavy atom. The molecule has 2 aromatic rings. The molecule has 1 aliphatic rings. The second-order valence-electron chi connectivity index (χ2n) is 5.16. The van der Waals surface area contributed by atoms with Gasteiger partial charge in [-0.15, -0.1) is 0 Å². The van der Waals surface area contributed by atoms with Crippen molar-refractivity contribution in [1.29, 1.82) is 0 Å². The number of amides is 1. The Hall–Kier alpha value is -2.00. The molecule has 4 heteroatoms. The highest BCUT2D eigenvalue weighted by molar-refractivity contribution is 6.30. The van der Waals surface area contributed by atoms with Crippen LogP contribution in [0.1, 0.15) is 33.9 Å². The van der Waals surface area contributed by atoms with Crippen molar-refractivity contribution in [2.24, 2.45) is 0 Å². The van der Waals surface area contributed by atoms with Crippen LogP contribution in [-0.2, 0) is 0 Å². The molecule has 1 amide bonds. The Morgan fingerprint density at radius 2 is 2.10 bits per heavy atom. The van der Waals surface area contributed by atoms with Crippen LogP contribution in [0, 0.1) is 6.92 Å². The van der Waals surface area contributed by atoms with Crippen molar-refractivity contribution < 1.29 is 9.53 Å². The second kappa shape index (κ2) is 5.78. The quantitative estimate of drug-likeness (QED) is 0.913. The SMILES string of the molecule is Cc1ccccc1C(=O)NC1CCOc2ccc(Cl)cc21. The summed E-state index contributed by atoms with van der Waals surface area (Å²) in [5.41, 5.74) is 2.61. The number of hydrogen-bond donors (Lipinski definition) is 1. The summed E-state index contributed by atoms with van der Waals surface area (Å²) in [4.78, 5) is 12.4. The molecule has 1 unspecified atom stereocenters. The summed E-state index contributed by atoms with van der Waals surface area (Å²) in [6.45, 7) is 2.52. The Kier molecular flexibility index (Phi) is 3.84. The van der Waals surface area contributed by atoms with Gasteiger partial charge in [-0.1, -0.05) is 29.8 Å². The largest absolute Gasteiger partial charge is 0.493 e. The zero-order valence-electron chi connectivity index (χ0n) is 11.7. The molecule has 108 valence electrons. The first-order valence-electron chi connectivity index (χ1n) is 6.94. The average Bonchev–Trinajstić information content (AvgIpc) is 2.48. The van der Waals surface area contributed by atoms with Gasteiger partial charge in [-0.3, -0.25) is 4.79 Å². The van der Waals surface area contributed by atoms with E-state index in [2.05, 4.69) is 5.32 Å². The number of hydrogen-bond acceptors (Lipinski definition) is 2. The standard InChI is InChI=1S/C17H16ClNO2/c1-11-4-2-3-5-13(11)17(20)19-15-8-9-21-16-7-6-12(18)10-14(15)16/h2-7,10,15H,8-9H2,1H3,(H,19,20). The average molecular weight is 302 g/mol. The Balaban J connectivity index is 1.85. The number of carbonyl (C=O) groups excluding carboxylic acids is 1. The molecule has 0 spiro atoms. The van der Waals surface area contributed by atoms with E-state index in [0.717, 1.165) is 23.3 Å². The minimum atomic E-state index is -0.0699. The van der Waals surface area contributed by atoms with Gasteiger partial charge in [-0.25, -0.2) is 0 Å². The maximum Gasteiger partial charge on any atom is 0.252 e. The number of carbonyl (C=O) groups is 1. The fraction of sp³-hybridized carbons (Fsp3) is 0.235. The van der Waals surface area contributed by atoms with Crippen molar-refractivity contribution in [3.05, 3.63) is 64.2 Å². The molecule has 3 nitrogen and oxygen atoms in total. The van der Waals surface area contributed by atoms with Gasteiger partial charge in [-0.2, -0.15) is 0 Å². The van der Waals surface area contributed by atoms with Gasteiger partial charge in [0.1, 0.15) is 5.75 Å². The number of rotatable bonds is 2. The van der Waals surface area contributed by atoms with Crippen molar-refractivity contribution in [2.45, 2.75) is 19.4 Å². The zero-order chi connectivity index (χ0) is 14.8. The first kappa shape index (κ1) is 14.0. The molecule has 0 fully saturated rings. The number of halogens is 1. The minimum absolute atomic E-state index is 0.0640. The van der Waals surface area contributed by atoms with Crippen molar-refractivity contribution in [1.82, 2.24) is 5.32 Å². The van der Waals surface area contributed by atoms with Gasteiger partial charge < -0.3 is 10.1 Å². The number of fused-ring (bicyclic) bond motifs is 1. The van der Waals surface area contributed by atoms with Crippen LogP contribution in [0.5, 0.6) is 5.75 Å². The van der Waals surface area contributed by atoms with Crippen molar-refractivity contribution in [3.8, 4) is 5.75 Å². The summed E-state index contributed by atoms with van der Waals surface area (Å²) < 4.78 is 5.61. The maximum atomic E-state index is 12.4. The fourth-order valence-electron chi connectivity index (χ4n) is 2.58. The van der Waals surface area contributed by atoms with E-state index < -0.39 is 0 Å². The van der Waals surface area contributed by atoms with Crippen LogP contribution in [-0.4, -0.2) is 12.5 Å². The second-order valence-corrected chi connectivity index (χ2v) is 5.60. The molecular weight excluding hydrogens is 286 g/mol. The molecular formula is C17H16ClNO2. The van der Waals surface area contributed by atoms with Crippen molar-refractivity contribution in [2.75, 3.05) is 6.61 Å². The van der Waals surface area contributed by atoms with E-state index in [-0.39, 0.29) is 11.9 Å². The van der Waals surface area contributed by atoms with Gasteiger partial charge >= 0.3 is 0 Å². The minimum Gasteiger partial charge on any atom is -0.493 e. The Morgan fingerprint density at radius 1 is 1.29 bits per heavy atom. The van der Waals surface area contributed by atoms with Crippen molar-refractivity contribution >= 4 is 17.5 Å². The summed E-state index contributed by atoms with van der Waals surface area (Å²) in [6.07, 6.45) is 0.741. The maximum absolute atomic E-state index is 12.4. The topological polar surface area (TPSA) is 38.3 Å². The smallest absolute Gasteiger partial charge is 0.252 e. The molecule has 0 saturated heterocycles. The molecule has 0 saturated carbocycles. The third-order valence-electron chi connectivity index (χ3n) is 3.71. The zero-order valence-corrected chi connectivity index (χ0v) is 12.5. The van der Waals surface area contributed by atoms with Crippen LogP contribution in [0.4, 0.5) is 0 Å². The Labute approximate surface area is 128 Å². The molecule has 2 aromatic carbocycles. The monoisotopic (exact) mass is 301 g/mol. The third kappa shape index (κ3) is 2.88. The van der Waals surface area contributed by atoms with E-state index in [1.807, 2.05) is 43.3 Å². The summed E-state index contributed by atoms with van der Waals surface area (Å²) in [6, 6.07) is 13.0. The molecule has 3 rings (SSSR count). The van der Waals surface area contributed by atoms with E-state index in [0.29, 0.717) is 17.2 Å². The lowest BCUT2D eigenvalue weighted by Gasteiger charge is -2.27. The molecule has 1 N–H and O–H groups in total. The van der Waals surface area contributed by atoms with Gasteiger partial charge in [0, 0.05) is 22.6 Å². The lowest BCUT2D eigenvalue weighted by molar-refractivity contribution is 0.0924. The van der Waals surface area contributed by atoms with Crippen LogP contribution in [0.25, 0.3) is 0 Å². The van der Waals surface area contributed by atoms with Crippen LogP contribution in [0.2, 0.25) is 5.02 Å². The molecule has 0 aliphatic carbocycles. The first-order valence-corrected chi connectivity index (χ1v) is 7.31. The third-order valence-corrected chi connectivity index (χ3v) is 3.94. The van der Waals surface area contributed by atoms with Gasteiger partial charge in [-0.05, 0) is 36.8 Å². The molecule has 21 heavy (non-hydrogen) atoms. The van der Waals surface area contributed by atoms with Gasteiger partial charge in [0.15, 0.2) is 0 Å². The van der Waals surface area contributed by atoms with Gasteiger partial charge in [0.2, 0.25) is 0 Å². The number of aryl methyl sites for hydroxylation is 1. The number of benzene rings is 2. The summed E-state index contributed by atoms with van der Waals surface area (Å²) in [5, 5.41) is 3.73. The highest BCUT2D eigenvalue weighted by atomic mass is 35.5. The Bertz CT molecular complexity index is 684. The number of nitrogens with one attached hydrogen (secondary N) is 1. The first-order chi connectivity index (χ1) is 10.1. The highest BCUT2D eigenvalue weighted by Gasteiger charge is 2.24. The van der Waals surface area contributed by atoms with Crippen LogP contribution < -0.4 is 10.1 Å². The van der Waals surface area contributed by atoms with Crippen LogP contribution in [0.15, 0.2) is 42.5 Å². The normalized spacial score (nSPS) is 16.8. The van der Waals surface area contributed by atoms with E-state index in [9.17, 15) is 4.79 Å². The van der Waals surface area contributed by atoms with E-state index in [4.69, 9.17) is 16.3 Å². The summed E-state index contributed by atoms with van der Waals surface area (Å²) in [5.74, 6) is 0.728. The lowest BCUT2D eigenvalue weighted by atomic mass is 9.99. The van der Waals surface area contributed by atoms with Crippen molar-refractivity contribution in [3.63, 3.8) is 0 Å². The molecule has 1 aliphatic heterocycles. The van der Waals surface area contributed by atoms with Gasteiger partial charge in [0.25, 0.3) is 5.91 Å². The van der Waals surface area contributed by atoms with Crippen LogP contribution >= 0.6 is 11.6 Å². The van der Waals surface area contributed by atoms with E-state index in [1.165, 1.54) is 0 Å². The summed E-state index contributed by atoms with van der Waals surface area (Å²) in [7, 11) is 0. The highest BCUT2D eigenvalue weighted by Crippen LogP contribution is 2.34. The molecule has 1 heterocycles.